The van der Waals surface area contributed by atoms with E-state index in [0.29, 0.717) is 10.7 Å². The number of aromatic nitrogens is 1. The van der Waals surface area contributed by atoms with E-state index in [0.717, 1.165) is 12.1 Å². The van der Waals surface area contributed by atoms with Gasteiger partial charge in [0.2, 0.25) is 0 Å². The van der Waals surface area contributed by atoms with Gasteiger partial charge >= 0.3 is 5.69 Å². The number of nitro groups is 1. The smallest absolute Gasteiger partial charge is 0.313 e. The van der Waals surface area contributed by atoms with E-state index in [1.807, 2.05) is 0 Å². The predicted molar refractivity (Wildman–Crippen MR) is 66.6 cm³/mol. The van der Waals surface area contributed by atoms with E-state index in [1.54, 1.807) is 12.1 Å². The molecule has 0 unspecified atom stereocenters. The van der Waals surface area contributed by atoms with E-state index in [1.165, 1.54) is 12.3 Å². The predicted octanol–water partition coefficient (Wildman–Crippen LogP) is 3.36. The van der Waals surface area contributed by atoms with E-state index in [4.69, 9.17) is 16.3 Å². The topological polar surface area (TPSA) is 65.3 Å². The average Bonchev–Trinajstić information content (AvgIpc) is 2.37. The summed E-state index contributed by atoms with van der Waals surface area (Å²) in [5.74, 6) is -0.689. The third kappa shape index (κ3) is 3.38. The molecule has 0 bridgehead atoms. The van der Waals surface area contributed by atoms with Crippen molar-refractivity contribution in [2.24, 2.45) is 0 Å². The quantitative estimate of drug-likeness (QED) is 0.490. The molecule has 0 radical (unpaired) electrons. The molecule has 98 valence electrons. The molecule has 0 saturated heterocycles. The van der Waals surface area contributed by atoms with Crippen LogP contribution in [0.15, 0.2) is 36.5 Å². The average molecular weight is 283 g/mol. The summed E-state index contributed by atoms with van der Waals surface area (Å²) >= 11 is 5.70. The summed E-state index contributed by atoms with van der Waals surface area (Å²) in [6.45, 7) is 0.0781. The van der Waals surface area contributed by atoms with Gasteiger partial charge in [-0.25, -0.2) is 9.37 Å². The molecule has 1 aromatic carbocycles. The second-order valence-electron chi connectivity index (χ2n) is 3.64. The summed E-state index contributed by atoms with van der Waals surface area (Å²) in [5, 5.41) is 11.1. The van der Waals surface area contributed by atoms with E-state index in [-0.39, 0.29) is 12.4 Å². The SMILES string of the molecule is O=[N+]([O-])c1cc(F)ccc1OCc1ccnc(Cl)c1. The van der Waals surface area contributed by atoms with Gasteiger partial charge in [0.05, 0.1) is 11.0 Å². The van der Waals surface area contributed by atoms with Crippen molar-refractivity contribution in [2.45, 2.75) is 6.61 Å². The van der Waals surface area contributed by atoms with Crippen molar-refractivity contribution >= 4 is 17.3 Å². The first-order valence-electron chi connectivity index (χ1n) is 5.23. The highest BCUT2D eigenvalue weighted by Gasteiger charge is 2.16. The van der Waals surface area contributed by atoms with Crippen molar-refractivity contribution < 1.29 is 14.1 Å². The van der Waals surface area contributed by atoms with Gasteiger partial charge < -0.3 is 4.74 Å². The number of pyridine rings is 1. The Labute approximate surface area is 112 Å². The lowest BCUT2D eigenvalue weighted by Crippen LogP contribution is -2.00. The minimum absolute atomic E-state index is 0.000616. The molecule has 0 aliphatic rings. The lowest BCUT2D eigenvalue weighted by atomic mass is 10.2. The summed E-state index contributed by atoms with van der Waals surface area (Å²) < 4.78 is 18.2. The van der Waals surface area contributed by atoms with Gasteiger partial charge in [-0.3, -0.25) is 10.1 Å². The molecule has 0 aliphatic heterocycles. The van der Waals surface area contributed by atoms with Gasteiger partial charge in [0.1, 0.15) is 17.6 Å². The molecule has 0 N–H and O–H groups in total. The Hall–Kier alpha value is -2.21. The molecular formula is C12H8ClFN2O3. The molecule has 0 fully saturated rings. The van der Waals surface area contributed by atoms with Crippen LogP contribution in [-0.4, -0.2) is 9.91 Å². The standard InChI is InChI=1S/C12H8ClFN2O3/c13-12-5-8(3-4-15-12)7-19-11-2-1-9(14)6-10(11)16(17)18/h1-6H,7H2. The molecular weight excluding hydrogens is 275 g/mol. The summed E-state index contributed by atoms with van der Waals surface area (Å²) in [6, 6.07) is 6.38. The molecule has 0 atom stereocenters. The molecule has 0 spiro atoms. The van der Waals surface area contributed by atoms with Crippen LogP contribution in [0.25, 0.3) is 0 Å². The molecule has 0 aliphatic carbocycles. The van der Waals surface area contributed by atoms with Gasteiger partial charge in [0.15, 0.2) is 5.75 Å². The molecule has 1 heterocycles. The van der Waals surface area contributed by atoms with E-state index < -0.39 is 16.4 Å². The number of hydrogen-bond acceptors (Lipinski definition) is 4. The zero-order chi connectivity index (χ0) is 13.8. The Morgan fingerprint density at radius 1 is 1.37 bits per heavy atom. The van der Waals surface area contributed by atoms with Gasteiger partial charge in [-0.05, 0) is 29.8 Å². The number of halogens is 2. The van der Waals surface area contributed by atoms with Crippen molar-refractivity contribution in [3.8, 4) is 5.75 Å². The highest BCUT2D eigenvalue weighted by atomic mass is 35.5. The maximum absolute atomic E-state index is 12.9. The summed E-state index contributed by atoms with van der Waals surface area (Å²) in [4.78, 5) is 13.9. The van der Waals surface area contributed by atoms with Crippen LogP contribution < -0.4 is 4.74 Å². The van der Waals surface area contributed by atoms with Gasteiger partial charge in [-0.2, -0.15) is 0 Å². The minimum Gasteiger partial charge on any atom is -0.482 e. The maximum Gasteiger partial charge on any atom is 0.313 e. The van der Waals surface area contributed by atoms with E-state index >= 15 is 0 Å². The first-order valence-corrected chi connectivity index (χ1v) is 5.61. The molecule has 0 saturated carbocycles. The van der Waals surface area contributed by atoms with Crippen LogP contribution >= 0.6 is 11.6 Å². The maximum atomic E-state index is 12.9. The number of ether oxygens (including phenoxy) is 1. The Morgan fingerprint density at radius 2 is 2.16 bits per heavy atom. The van der Waals surface area contributed by atoms with Crippen molar-refractivity contribution in [2.75, 3.05) is 0 Å². The first kappa shape index (κ1) is 13.2. The summed E-state index contributed by atoms with van der Waals surface area (Å²) in [6.07, 6.45) is 1.50. The molecule has 5 nitrogen and oxygen atoms in total. The van der Waals surface area contributed by atoms with E-state index in [2.05, 4.69) is 4.98 Å². The van der Waals surface area contributed by atoms with Crippen molar-refractivity contribution in [3.63, 3.8) is 0 Å². The van der Waals surface area contributed by atoms with Crippen LogP contribution in [0.2, 0.25) is 5.15 Å². The molecule has 2 rings (SSSR count). The zero-order valence-corrected chi connectivity index (χ0v) is 10.3. The van der Waals surface area contributed by atoms with E-state index in [9.17, 15) is 14.5 Å². The van der Waals surface area contributed by atoms with Gasteiger partial charge in [-0.15, -0.1) is 0 Å². The minimum atomic E-state index is -0.696. The monoisotopic (exact) mass is 282 g/mol. The first-order chi connectivity index (χ1) is 9.06. The largest absolute Gasteiger partial charge is 0.482 e. The fraction of sp³-hybridized carbons (Fsp3) is 0.0833. The number of benzene rings is 1. The number of nitro benzene ring substituents is 1. The van der Waals surface area contributed by atoms with Gasteiger partial charge in [-0.1, -0.05) is 11.6 Å². The number of rotatable bonds is 4. The fourth-order valence-electron chi connectivity index (χ4n) is 1.45. The van der Waals surface area contributed by atoms with Crippen LogP contribution in [0, 0.1) is 15.9 Å². The molecule has 19 heavy (non-hydrogen) atoms. The second-order valence-corrected chi connectivity index (χ2v) is 4.03. The third-order valence-electron chi connectivity index (χ3n) is 2.30. The highest BCUT2D eigenvalue weighted by Crippen LogP contribution is 2.28. The van der Waals surface area contributed by atoms with Gasteiger partial charge in [0, 0.05) is 6.20 Å². The highest BCUT2D eigenvalue weighted by molar-refractivity contribution is 6.29. The van der Waals surface area contributed by atoms with Crippen molar-refractivity contribution in [1.82, 2.24) is 4.98 Å². The molecule has 2 aromatic rings. The van der Waals surface area contributed by atoms with Gasteiger partial charge in [0.25, 0.3) is 0 Å². The van der Waals surface area contributed by atoms with Crippen LogP contribution in [0.5, 0.6) is 5.75 Å². The molecule has 7 heteroatoms. The van der Waals surface area contributed by atoms with Crippen LogP contribution in [0.1, 0.15) is 5.56 Å². The van der Waals surface area contributed by atoms with Crippen molar-refractivity contribution in [3.05, 3.63) is 63.2 Å². The van der Waals surface area contributed by atoms with Crippen LogP contribution in [0.4, 0.5) is 10.1 Å². The Morgan fingerprint density at radius 3 is 2.84 bits per heavy atom. The number of hydrogen-bond donors (Lipinski definition) is 0. The Kier molecular flexibility index (Phi) is 3.91. The molecule has 0 amide bonds. The Bertz CT molecular complexity index is 622. The lowest BCUT2D eigenvalue weighted by Gasteiger charge is -2.06. The zero-order valence-electron chi connectivity index (χ0n) is 9.55. The third-order valence-corrected chi connectivity index (χ3v) is 2.51. The Balaban J connectivity index is 2.17. The van der Waals surface area contributed by atoms with Crippen LogP contribution in [-0.2, 0) is 6.61 Å². The fourth-order valence-corrected chi connectivity index (χ4v) is 1.65. The normalized spacial score (nSPS) is 10.2. The summed E-state index contributed by atoms with van der Waals surface area (Å²) in [5.41, 5.74) is 0.291. The van der Waals surface area contributed by atoms with Crippen LogP contribution in [0.3, 0.4) is 0 Å². The molecule has 1 aromatic heterocycles. The second kappa shape index (κ2) is 5.62. The lowest BCUT2D eigenvalue weighted by molar-refractivity contribution is -0.386. The number of nitrogens with zero attached hydrogens (tertiary/aromatic N) is 2. The van der Waals surface area contributed by atoms with Crippen molar-refractivity contribution in [1.29, 1.82) is 0 Å². The summed E-state index contributed by atoms with van der Waals surface area (Å²) in [7, 11) is 0.